The highest BCUT2D eigenvalue weighted by molar-refractivity contribution is 5.15. The predicted octanol–water partition coefficient (Wildman–Crippen LogP) is 1.42. The maximum Gasteiger partial charge on any atom is 0.340 e. The Balaban J connectivity index is 2.73. The molecule has 0 saturated carbocycles. The number of aromatic amines is 1. The zero-order valence-corrected chi connectivity index (χ0v) is 7.48. The van der Waals surface area contributed by atoms with Gasteiger partial charge in [0.05, 0.1) is 0 Å². The molecule has 0 radical (unpaired) electrons. The van der Waals surface area contributed by atoms with Gasteiger partial charge in [0, 0.05) is 6.61 Å². The van der Waals surface area contributed by atoms with Gasteiger partial charge in [-0.2, -0.15) is 0 Å². The Morgan fingerprint density at radius 3 is 3.00 bits per heavy atom. The number of nitrogens with one attached hydrogen (secondary N) is 1. The maximum atomic E-state index is 10.3. The Morgan fingerprint density at radius 2 is 2.54 bits per heavy atom. The van der Waals surface area contributed by atoms with E-state index in [2.05, 4.69) is 9.97 Å². The fraction of sp³-hybridized carbons (Fsp3) is 0.571. The lowest BCUT2D eigenvalue weighted by Gasteiger charge is -2.04. The van der Waals surface area contributed by atoms with Crippen molar-refractivity contribution in [3.8, 4) is 0 Å². The molecule has 1 heterocycles. The van der Waals surface area contributed by atoms with Crippen LogP contribution in [0.25, 0.3) is 0 Å². The molecule has 0 aliphatic carbocycles. The number of H-pyrrole nitrogens is 1. The summed E-state index contributed by atoms with van der Waals surface area (Å²) < 4.78 is 5.20. The summed E-state index contributed by atoms with van der Waals surface area (Å²) in [6.07, 6.45) is 0.948. The second kappa shape index (κ2) is 3.99. The van der Waals surface area contributed by atoms with Gasteiger partial charge in [-0.1, -0.05) is 0 Å². The van der Waals surface area contributed by atoms with Crippen molar-refractivity contribution in [3.05, 3.63) is 22.1 Å². The molecule has 1 aromatic heterocycles. The van der Waals surface area contributed by atoms with Crippen molar-refractivity contribution in [1.29, 1.82) is 0 Å². The van der Waals surface area contributed by atoms with Crippen LogP contribution >= 0.6 is 0 Å². The van der Waals surface area contributed by atoms with Crippen LogP contribution in [0.1, 0.15) is 25.8 Å². The Bertz CT molecular complexity index is 297. The van der Waals surface area contributed by atoms with E-state index in [-0.39, 0.29) is 11.9 Å². The number of ether oxygens (including phenoxy) is 1. The average Bonchev–Trinajstić information content (AvgIpc) is 2.52. The summed E-state index contributed by atoms with van der Waals surface area (Å²) in [5.41, 5.74) is 0. The van der Waals surface area contributed by atoms with Crippen LogP contribution in [0.5, 0.6) is 0 Å². The van der Waals surface area contributed by atoms with Crippen LogP contribution in [-0.4, -0.2) is 21.5 Å². The summed E-state index contributed by atoms with van der Waals surface area (Å²) >= 11 is 0. The SMILES string of the molecule is CCOC(C)c1ncc([N+](=O)[O-])[nH]1. The molecule has 0 amide bonds. The van der Waals surface area contributed by atoms with Crippen LogP contribution < -0.4 is 0 Å². The minimum atomic E-state index is -0.519. The molecule has 0 aromatic carbocycles. The molecule has 6 heteroatoms. The number of imidazole rings is 1. The van der Waals surface area contributed by atoms with Crippen molar-refractivity contribution in [3.63, 3.8) is 0 Å². The van der Waals surface area contributed by atoms with Crippen molar-refractivity contribution in [2.24, 2.45) is 0 Å². The van der Waals surface area contributed by atoms with Gasteiger partial charge in [-0.3, -0.25) is 0 Å². The number of aromatic nitrogens is 2. The summed E-state index contributed by atoms with van der Waals surface area (Å²) in [7, 11) is 0. The van der Waals surface area contributed by atoms with E-state index < -0.39 is 4.92 Å². The van der Waals surface area contributed by atoms with Gasteiger partial charge in [0.1, 0.15) is 12.3 Å². The highest BCUT2D eigenvalue weighted by Gasteiger charge is 2.15. The third-order valence-corrected chi connectivity index (χ3v) is 1.58. The largest absolute Gasteiger partial charge is 0.369 e. The van der Waals surface area contributed by atoms with Gasteiger partial charge in [-0.15, -0.1) is 0 Å². The summed E-state index contributed by atoms with van der Waals surface area (Å²) in [5, 5.41) is 10.3. The Labute approximate surface area is 75.1 Å². The summed E-state index contributed by atoms with van der Waals surface area (Å²) in [6, 6.07) is 0. The molecular weight excluding hydrogens is 174 g/mol. The molecule has 1 aromatic rings. The molecule has 1 N–H and O–H groups in total. The van der Waals surface area contributed by atoms with Gasteiger partial charge in [-0.25, -0.2) is 9.97 Å². The molecular formula is C7H11N3O3. The molecule has 1 rings (SSSR count). The number of hydrogen-bond donors (Lipinski definition) is 1. The first-order valence-corrected chi connectivity index (χ1v) is 3.96. The van der Waals surface area contributed by atoms with Crippen LogP contribution in [0.15, 0.2) is 6.20 Å². The summed E-state index contributed by atoms with van der Waals surface area (Å²) in [6.45, 7) is 4.19. The Kier molecular flexibility index (Phi) is 2.97. The van der Waals surface area contributed by atoms with Crippen LogP contribution in [0.4, 0.5) is 5.82 Å². The monoisotopic (exact) mass is 185 g/mol. The third-order valence-electron chi connectivity index (χ3n) is 1.58. The fourth-order valence-electron chi connectivity index (χ4n) is 0.955. The van der Waals surface area contributed by atoms with E-state index in [9.17, 15) is 10.1 Å². The van der Waals surface area contributed by atoms with Gasteiger partial charge >= 0.3 is 5.82 Å². The van der Waals surface area contributed by atoms with Crippen molar-refractivity contribution >= 4 is 5.82 Å². The topological polar surface area (TPSA) is 81.1 Å². The lowest BCUT2D eigenvalue weighted by molar-refractivity contribution is -0.389. The van der Waals surface area contributed by atoms with Gasteiger partial charge in [0.15, 0.2) is 0 Å². The lowest BCUT2D eigenvalue weighted by atomic mass is 10.4. The molecule has 1 unspecified atom stereocenters. The minimum absolute atomic E-state index is 0.110. The zero-order valence-electron chi connectivity index (χ0n) is 7.48. The number of rotatable bonds is 4. The highest BCUT2D eigenvalue weighted by atomic mass is 16.6. The van der Waals surface area contributed by atoms with E-state index in [0.717, 1.165) is 0 Å². The van der Waals surface area contributed by atoms with Crippen LogP contribution in [0, 0.1) is 10.1 Å². The fourth-order valence-corrected chi connectivity index (χ4v) is 0.955. The van der Waals surface area contributed by atoms with Crippen molar-refractivity contribution in [1.82, 2.24) is 9.97 Å². The van der Waals surface area contributed by atoms with Crippen LogP contribution in [-0.2, 0) is 4.74 Å². The molecule has 0 bridgehead atoms. The number of hydrogen-bond acceptors (Lipinski definition) is 4. The summed E-state index contributed by atoms with van der Waals surface area (Å²) in [5.74, 6) is 0.370. The van der Waals surface area contributed by atoms with E-state index in [1.54, 1.807) is 6.92 Å². The van der Waals surface area contributed by atoms with Crippen LogP contribution in [0.2, 0.25) is 0 Å². The first-order valence-electron chi connectivity index (χ1n) is 3.96. The quantitative estimate of drug-likeness (QED) is 0.568. The number of nitrogens with zero attached hydrogens (tertiary/aromatic N) is 2. The van der Waals surface area contributed by atoms with E-state index in [1.165, 1.54) is 6.20 Å². The molecule has 13 heavy (non-hydrogen) atoms. The molecule has 72 valence electrons. The van der Waals surface area contributed by atoms with E-state index >= 15 is 0 Å². The maximum absolute atomic E-state index is 10.3. The molecule has 0 fully saturated rings. The molecule has 0 spiro atoms. The van der Waals surface area contributed by atoms with Gasteiger partial charge in [0.2, 0.25) is 5.82 Å². The van der Waals surface area contributed by atoms with Gasteiger partial charge in [0.25, 0.3) is 0 Å². The Hall–Kier alpha value is -1.43. The van der Waals surface area contributed by atoms with Gasteiger partial charge < -0.3 is 14.9 Å². The van der Waals surface area contributed by atoms with Crippen LogP contribution in [0.3, 0.4) is 0 Å². The minimum Gasteiger partial charge on any atom is -0.369 e. The predicted molar refractivity (Wildman–Crippen MR) is 45.3 cm³/mol. The lowest BCUT2D eigenvalue weighted by Crippen LogP contribution is -2.01. The molecule has 6 nitrogen and oxygen atoms in total. The molecule has 1 atom stereocenters. The Morgan fingerprint density at radius 1 is 1.85 bits per heavy atom. The average molecular weight is 185 g/mol. The van der Waals surface area contributed by atoms with Gasteiger partial charge in [-0.05, 0) is 18.8 Å². The molecule has 0 aliphatic heterocycles. The second-order valence-electron chi connectivity index (χ2n) is 2.51. The standard InChI is InChI=1S/C7H11N3O3/c1-3-13-5(2)7-8-4-6(9-7)10(11)12/h4-5H,3H2,1-2H3,(H,8,9). The normalized spacial score (nSPS) is 12.8. The highest BCUT2D eigenvalue weighted by Crippen LogP contribution is 2.15. The van der Waals surface area contributed by atoms with Crippen molar-refractivity contribution in [2.45, 2.75) is 20.0 Å². The van der Waals surface area contributed by atoms with E-state index in [0.29, 0.717) is 12.4 Å². The second-order valence-corrected chi connectivity index (χ2v) is 2.51. The zero-order chi connectivity index (χ0) is 9.84. The van der Waals surface area contributed by atoms with Crippen molar-refractivity contribution in [2.75, 3.05) is 6.61 Å². The van der Waals surface area contributed by atoms with E-state index in [1.807, 2.05) is 6.92 Å². The smallest absolute Gasteiger partial charge is 0.340 e. The molecule has 0 aliphatic rings. The summed E-state index contributed by atoms with van der Waals surface area (Å²) in [4.78, 5) is 16.2. The first kappa shape index (κ1) is 9.66. The number of nitro groups is 1. The van der Waals surface area contributed by atoms with Crippen molar-refractivity contribution < 1.29 is 9.66 Å². The molecule has 0 saturated heterocycles. The first-order chi connectivity index (χ1) is 6.15. The third kappa shape index (κ3) is 2.25. The van der Waals surface area contributed by atoms with E-state index in [4.69, 9.17) is 4.74 Å².